The standard InChI is InChI=1S/C30H30N2/c1-19(2)24-11-8-12-25(20(3)4)28(24)32-29-26-10-7-6-9-22(26)17-18-27(29)31-30(32)23-15-13-21(5)14-16-23/h6-20H,1-5H3/i5D3,19D,20D. The Kier molecular flexibility index (Phi) is 3.83. The van der Waals surface area contributed by atoms with Gasteiger partial charge in [0.05, 0.1) is 16.7 Å². The molecule has 0 saturated carbocycles. The zero-order valence-corrected chi connectivity index (χ0v) is 18.9. The normalized spacial score (nSPS) is 15.2. The first-order chi connectivity index (χ1) is 17.3. The number of fused-ring (bicyclic) bond motifs is 3. The molecule has 5 rings (SSSR count). The maximum atomic E-state index is 9.00. The number of aryl methyl sites for hydroxylation is 1. The number of nitrogens with zero attached hydrogens (tertiary/aromatic N) is 2. The minimum Gasteiger partial charge on any atom is -0.291 e. The molecule has 0 saturated heterocycles. The summed E-state index contributed by atoms with van der Waals surface area (Å²) in [5.74, 6) is -1.24. The van der Waals surface area contributed by atoms with Gasteiger partial charge in [0.25, 0.3) is 0 Å². The summed E-state index contributed by atoms with van der Waals surface area (Å²) in [5.41, 5.74) is 5.08. The molecule has 32 heavy (non-hydrogen) atoms. The van der Waals surface area contributed by atoms with Crippen LogP contribution in [0, 0.1) is 6.85 Å². The Balaban J connectivity index is 1.97. The third-order valence-corrected chi connectivity index (χ3v) is 6.02. The van der Waals surface area contributed by atoms with Gasteiger partial charge in [-0.2, -0.15) is 0 Å². The number of aromatic nitrogens is 2. The minimum atomic E-state index is -2.20. The fourth-order valence-corrected chi connectivity index (χ4v) is 4.46. The molecule has 0 unspecified atom stereocenters. The highest BCUT2D eigenvalue weighted by atomic mass is 15.1. The molecule has 1 aromatic heterocycles. The first-order valence-corrected chi connectivity index (χ1v) is 10.9. The van der Waals surface area contributed by atoms with E-state index in [-0.39, 0.29) is 5.56 Å². The van der Waals surface area contributed by atoms with Gasteiger partial charge in [-0.05, 0) is 41.2 Å². The van der Waals surface area contributed by atoms with E-state index in [0.29, 0.717) is 5.82 Å². The Morgan fingerprint density at radius 2 is 1.47 bits per heavy atom. The zero-order chi connectivity index (χ0) is 26.8. The van der Waals surface area contributed by atoms with Crippen molar-refractivity contribution in [3.8, 4) is 17.1 Å². The molecule has 2 heteroatoms. The lowest BCUT2D eigenvalue weighted by Gasteiger charge is -2.23. The molecular weight excluding hydrogens is 388 g/mol. The van der Waals surface area contributed by atoms with Crippen LogP contribution in [0.4, 0.5) is 0 Å². The van der Waals surface area contributed by atoms with Crippen LogP contribution in [0.15, 0.2) is 78.9 Å². The van der Waals surface area contributed by atoms with Gasteiger partial charge in [0, 0.05) is 17.8 Å². The molecule has 0 aliphatic rings. The highest BCUT2D eigenvalue weighted by molar-refractivity contribution is 6.06. The minimum absolute atomic E-state index is 0.269. The van der Waals surface area contributed by atoms with E-state index in [1.165, 1.54) is 0 Å². The van der Waals surface area contributed by atoms with Gasteiger partial charge in [0.1, 0.15) is 5.82 Å². The average Bonchev–Trinajstić information content (AvgIpc) is 3.22. The van der Waals surface area contributed by atoms with E-state index in [2.05, 4.69) is 16.7 Å². The fourth-order valence-electron chi connectivity index (χ4n) is 4.46. The van der Waals surface area contributed by atoms with Crippen molar-refractivity contribution in [3.63, 3.8) is 0 Å². The van der Waals surface area contributed by atoms with E-state index in [1.54, 1.807) is 24.3 Å². The van der Waals surface area contributed by atoms with Crippen LogP contribution in [0.1, 0.15) is 63.0 Å². The second kappa shape index (κ2) is 7.94. The Labute approximate surface area is 197 Å². The molecule has 2 nitrogen and oxygen atoms in total. The summed E-state index contributed by atoms with van der Waals surface area (Å²) in [6.07, 6.45) is 0. The van der Waals surface area contributed by atoms with Gasteiger partial charge in [-0.1, -0.05) is 106 Å². The molecule has 4 aromatic carbocycles. The smallest absolute Gasteiger partial charge is 0.145 e. The molecule has 1 heterocycles. The SMILES string of the molecule is [2H]C([2H])([2H])c1ccc(-c2nc3ccc4ccccc4c3n2-c2c(C([2H])(C)C)cccc2C([2H])(C)C)cc1. The summed E-state index contributed by atoms with van der Waals surface area (Å²) in [5, 5.41) is 2.08. The molecular formula is C30H30N2. The molecule has 0 bridgehead atoms. The van der Waals surface area contributed by atoms with Gasteiger partial charge in [0.2, 0.25) is 0 Å². The fraction of sp³-hybridized carbons (Fsp3) is 0.233. The highest BCUT2D eigenvalue weighted by Crippen LogP contribution is 2.39. The third-order valence-electron chi connectivity index (χ3n) is 6.02. The topological polar surface area (TPSA) is 17.8 Å². The largest absolute Gasteiger partial charge is 0.291 e. The molecule has 0 fully saturated rings. The quantitative estimate of drug-likeness (QED) is 0.284. The van der Waals surface area contributed by atoms with Crippen molar-refractivity contribution in [2.45, 2.75) is 46.3 Å². The maximum absolute atomic E-state index is 9.00. The Bertz CT molecular complexity index is 1580. The number of rotatable bonds is 4. The molecule has 0 N–H and O–H groups in total. The van der Waals surface area contributed by atoms with Gasteiger partial charge in [-0.3, -0.25) is 4.57 Å². The highest BCUT2D eigenvalue weighted by Gasteiger charge is 2.23. The molecule has 0 aliphatic carbocycles. The van der Waals surface area contributed by atoms with Crippen LogP contribution in [-0.4, -0.2) is 9.55 Å². The molecule has 160 valence electrons. The molecule has 0 atom stereocenters. The number of imidazole rings is 1. The van der Waals surface area contributed by atoms with E-state index in [4.69, 9.17) is 11.8 Å². The molecule has 0 amide bonds. The Morgan fingerprint density at radius 3 is 2.12 bits per heavy atom. The second-order valence-electron chi connectivity index (χ2n) is 8.70. The van der Waals surface area contributed by atoms with Crippen molar-refractivity contribution in [2.24, 2.45) is 0 Å². The van der Waals surface area contributed by atoms with Crippen molar-refractivity contribution in [2.75, 3.05) is 0 Å². The summed E-state index contributed by atoms with van der Waals surface area (Å²) < 4.78 is 43.4. The van der Waals surface area contributed by atoms with Gasteiger partial charge in [-0.15, -0.1) is 0 Å². The Hall–Kier alpha value is -3.39. The maximum Gasteiger partial charge on any atom is 0.145 e. The van der Waals surface area contributed by atoms with Crippen LogP contribution >= 0.6 is 0 Å². The van der Waals surface area contributed by atoms with Gasteiger partial charge < -0.3 is 0 Å². The number of benzene rings is 4. The van der Waals surface area contributed by atoms with Crippen molar-refractivity contribution < 1.29 is 6.85 Å². The monoisotopic (exact) mass is 423 g/mol. The van der Waals surface area contributed by atoms with Crippen molar-refractivity contribution in [1.29, 1.82) is 0 Å². The van der Waals surface area contributed by atoms with Crippen LogP contribution in [0.5, 0.6) is 0 Å². The van der Waals surface area contributed by atoms with Crippen molar-refractivity contribution in [1.82, 2.24) is 9.55 Å². The second-order valence-corrected chi connectivity index (χ2v) is 8.70. The van der Waals surface area contributed by atoms with Gasteiger partial charge >= 0.3 is 0 Å². The summed E-state index contributed by atoms with van der Waals surface area (Å²) in [4.78, 5) is 5.05. The molecule has 5 aromatic rings. The number of para-hydroxylation sites is 1. The lowest BCUT2D eigenvalue weighted by Crippen LogP contribution is -2.08. The van der Waals surface area contributed by atoms with Gasteiger partial charge in [-0.25, -0.2) is 4.98 Å². The summed E-state index contributed by atoms with van der Waals surface area (Å²) >= 11 is 0. The summed E-state index contributed by atoms with van der Waals surface area (Å²) in [6.45, 7) is 5.23. The van der Waals surface area contributed by atoms with Gasteiger partial charge in [0.15, 0.2) is 0 Å². The summed E-state index contributed by atoms with van der Waals surface area (Å²) in [6, 6.07) is 24.8. The number of hydrogen-bond acceptors (Lipinski definition) is 1. The first-order valence-electron chi connectivity index (χ1n) is 13.4. The molecule has 0 aliphatic heterocycles. The average molecular weight is 424 g/mol. The molecule has 0 spiro atoms. The lowest BCUT2D eigenvalue weighted by atomic mass is 9.92. The zero-order valence-electron chi connectivity index (χ0n) is 23.9. The van der Waals surface area contributed by atoms with E-state index in [9.17, 15) is 0 Å². The predicted molar refractivity (Wildman–Crippen MR) is 137 cm³/mol. The third kappa shape index (κ3) is 3.31. The van der Waals surface area contributed by atoms with Crippen LogP contribution in [-0.2, 0) is 0 Å². The van der Waals surface area contributed by atoms with E-state index >= 15 is 0 Å². The van der Waals surface area contributed by atoms with Crippen LogP contribution in [0.3, 0.4) is 0 Å². The van der Waals surface area contributed by atoms with E-state index in [1.807, 2.05) is 70.2 Å². The molecule has 0 radical (unpaired) electrons. The van der Waals surface area contributed by atoms with E-state index in [0.717, 1.165) is 44.2 Å². The summed E-state index contributed by atoms with van der Waals surface area (Å²) in [7, 11) is 0. The first kappa shape index (κ1) is 15.4. The number of hydrogen-bond donors (Lipinski definition) is 0. The van der Waals surface area contributed by atoms with Crippen LogP contribution < -0.4 is 0 Å². The Morgan fingerprint density at radius 1 is 0.781 bits per heavy atom. The van der Waals surface area contributed by atoms with Crippen molar-refractivity contribution >= 4 is 21.8 Å². The van der Waals surface area contributed by atoms with E-state index < -0.39 is 18.6 Å². The van der Waals surface area contributed by atoms with Crippen molar-refractivity contribution in [3.05, 3.63) is 95.6 Å². The predicted octanol–water partition coefficient (Wildman–Crippen LogP) is 8.40. The van der Waals surface area contributed by atoms with Crippen LogP contribution in [0.2, 0.25) is 0 Å². The lowest BCUT2D eigenvalue weighted by molar-refractivity contribution is 0.811. The van der Waals surface area contributed by atoms with Crippen LogP contribution in [0.25, 0.3) is 38.9 Å².